The maximum Gasteiger partial charge on any atom is 0.157 e. The van der Waals surface area contributed by atoms with Crippen molar-refractivity contribution in [1.29, 1.82) is 0 Å². The van der Waals surface area contributed by atoms with Crippen molar-refractivity contribution in [3.63, 3.8) is 0 Å². The number of pyridine rings is 1. The van der Waals surface area contributed by atoms with E-state index in [1.807, 2.05) is 36.5 Å². The predicted octanol–water partition coefficient (Wildman–Crippen LogP) is 3.21. The zero-order chi connectivity index (χ0) is 14.5. The molecule has 106 valence electrons. The molecule has 0 aliphatic carbocycles. The number of hydrogen-bond acceptors (Lipinski definition) is 3. The zero-order valence-electron chi connectivity index (χ0n) is 11.4. The molecule has 0 atom stereocenters. The van der Waals surface area contributed by atoms with E-state index in [2.05, 4.69) is 27.5 Å². The van der Waals surface area contributed by atoms with Crippen molar-refractivity contribution in [2.45, 2.75) is 13.1 Å². The molecule has 0 unspecified atom stereocenters. The monoisotopic (exact) mass is 298 g/mol. The molecule has 0 saturated heterocycles. The highest BCUT2D eigenvalue weighted by molar-refractivity contribution is 6.30. The van der Waals surface area contributed by atoms with Crippen LogP contribution in [0.3, 0.4) is 0 Å². The van der Waals surface area contributed by atoms with Gasteiger partial charge < -0.3 is 5.32 Å². The summed E-state index contributed by atoms with van der Waals surface area (Å²) in [5.74, 6) is 0.848. The van der Waals surface area contributed by atoms with Gasteiger partial charge in [-0.1, -0.05) is 29.8 Å². The van der Waals surface area contributed by atoms with Gasteiger partial charge in [0.05, 0.1) is 0 Å². The van der Waals surface area contributed by atoms with Crippen LogP contribution < -0.4 is 5.32 Å². The number of nitrogens with zero attached hydrogens (tertiary/aromatic N) is 3. The molecule has 0 aliphatic heterocycles. The Morgan fingerprint density at radius 3 is 2.81 bits per heavy atom. The molecule has 4 nitrogen and oxygen atoms in total. The lowest BCUT2D eigenvalue weighted by Crippen LogP contribution is -2.15. The van der Waals surface area contributed by atoms with Gasteiger partial charge in [-0.2, -0.15) is 5.10 Å². The molecule has 0 amide bonds. The first-order valence-electron chi connectivity index (χ1n) is 6.72. The maximum atomic E-state index is 5.98. The van der Waals surface area contributed by atoms with Crippen LogP contribution in [0.2, 0.25) is 5.02 Å². The highest BCUT2D eigenvalue weighted by Gasteiger charge is 2.05. The Kier molecular flexibility index (Phi) is 4.28. The van der Waals surface area contributed by atoms with Crippen LogP contribution in [-0.2, 0) is 13.1 Å². The van der Waals surface area contributed by atoms with Crippen molar-refractivity contribution in [3.05, 3.63) is 77.2 Å². The lowest BCUT2D eigenvalue weighted by molar-refractivity contribution is 0.681. The molecule has 0 bridgehead atoms. The smallest absolute Gasteiger partial charge is 0.157 e. The summed E-state index contributed by atoms with van der Waals surface area (Å²) in [4.78, 5) is 4.40. The lowest BCUT2D eigenvalue weighted by Gasteiger charge is -2.09. The van der Waals surface area contributed by atoms with E-state index in [0.717, 1.165) is 35.1 Å². The van der Waals surface area contributed by atoms with E-state index in [1.165, 1.54) is 0 Å². The number of hydrogen-bond donors (Lipinski definition) is 1. The average Bonchev–Trinajstić information content (AvgIpc) is 3.02. The van der Waals surface area contributed by atoms with Crippen molar-refractivity contribution in [1.82, 2.24) is 20.1 Å². The van der Waals surface area contributed by atoms with E-state index in [1.54, 1.807) is 17.1 Å². The third-order valence-electron chi connectivity index (χ3n) is 3.12. The predicted molar refractivity (Wildman–Crippen MR) is 83.4 cm³/mol. The van der Waals surface area contributed by atoms with Crippen LogP contribution in [0.4, 0.5) is 0 Å². The van der Waals surface area contributed by atoms with E-state index in [-0.39, 0.29) is 0 Å². The fourth-order valence-corrected chi connectivity index (χ4v) is 2.37. The fourth-order valence-electron chi connectivity index (χ4n) is 2.16. The van der Waals surface area contributed by atoms with Gasteiger partial charge >= 0.3 is 0 Å². The van der Waals surface area contributed by atoms with Gasteiger partial charge in [0.2, 0.25) is 0 Å². The number of rotatable bonds is 5. The minimum absolute atomic E-state index is 0.718. The molecule has 0 saturated carbocycles. The molecule has 0 spiro atoms. The Morgan fingerprint density at radius 2 is 2.00 bits per heavy atom. The largest absolute Gasteiger partial charge is 0.308 e. The number of aromatic nitrogens is 3. The summed E-state index contributed by atoms with van der Waals surface area (Å²) in [5, 5.41) is 8.40. The first-order valence-corrected chi connectivity index (χ1v) is 7.10. The Morgan fingerprint density at radius 1 is 1.05 bits per heavy atom. The van der Waals surface area contributed by atoms with Crippen LogP contribution in [0.5, 0.6) is 0 Å². The quantitative estimate of drug-likeness (QED) is 0.786. The van der Waals surface area contributed by atoms with E-state index < -0.39 is 0 Å². The molecule has 1 aromatic carbocycles. The van der Waals surface area contributed by atoms with E-state index in [9.17, 15) is 0 Å². The first kappa shape index (κ1) is 13.8. The molecule has 5 heteroatoms. The summed E-state index contributed by atoms with van der Waals surface area (Å²) < 4.78 is 1.77. The summed E-state index contributed by atoms with van der Waals surface area (Å²) in [5.41, 5.74) is 2.26. The maximum absolute atomic E-state index is 5.98. The molecule has 1 N–H and O–H groups in total. The second-order valence-electron chi connectivity index (χ2n) is 4.67. The molecule has 0 radical (unpaired) electrons. The molecule has 2 aromatic heterocycles. The van der Waals surface area contributed by atoms with Crippen molar-refractivity contribution >= 4 is 11.6 Å². The molecule has 21 heavy (non-hydrogen) atoms. The van der Waals surface area contributed by atoms with Crippen molar-refractivity contribution in [2.24, 2.45) is 0 Å². The minimum atomic E-state index is 0.718. The topological polar surface area (TPSA) is 42.7 Å². The minimum Gasteiger partial charge on any atom is -0.308 e. The molecular weight excluding hydrogens is 284 g/mol. The van der Waals surface area contributed by atoms with Crippen LogP contribution in [0.1, 0.15) is 11.1 Å². The Labute approximate surface area is 128 Å². The zero-order valence-corrected chi connectivity index (χ0v) is 12.2. The molecule has 0 aliphatic rings. The summed E-state index contributed by atoms with van der Waals surface area (Å²) >= 11 is 5.98. The van der Waals surface area contributed by atoms with Gasteiger partial charge in [-0.3, -0.25) is 0 Å². The van der Waals surface area contributed by atoms with Crippen molar-refractivity contribution in [2.75, 3.05) is 0 Å². The SMILES string of the molecule is Clc1cccc(CNCc2cccnc2-n2cccn2)c1. The molecule has 3 aromatic rings. The van der Waals surface area contributed by atoms with Crippen molar-refractivity contribution < 1.29 is 0 Å². The van der Waals surface area contributed by atoms with Gasteiger partial charge in [0.25, 0.3) is 0 Å². The molecule has 3 rings (SSSR count). The van der Waals surface area contributed by atoms with E-state index >= 15 is 0 Å². The van der Waals surface area contributed by atoms with E-state index in [4.69, 9.17) is 11.6 Å². The van der Waals surface area contributed by atoms with Gasteiger partial charge in [-0.25, -0.2) is 9.67 Å². The summed E-state index contributed by atoms with van der Waals surface area (Å²) in [7, 11) is 0. The van der Waals surface area contributed by atoms with Gasteiger partial charge in [-0.15, -0.1) is 0 Å². The van der Waals surface area contributed by atoms with Crippen LogP contribution in [-0.4, -0.2) is 14.8 Å². The van der Waals surface area contributed by atoms with Crippen LogP contribution in [0.25, 0.3) is 5.82 Å². The Bertz CT molecular complexity index is 710. The molecule has 2 heterocycles. The highest BCUT2D eigenvalue weighted by Crippen LogP contribution is 2.12. The third-order valence-corrected chi connectivity index (χ3v) is 3.36. The van der Waals surface area contributed by atoms with Gasteiger partial charge in [0.15, 0.2) is 5.82 Å². The van der Waals surface area contributed by atoms with Gasteiger partial charge in [0, 0.05) is 42.3 Å². The van der Waals surface area contributed by atoms with Gasteiger partial charge in [0.1, 0.15) is 0 Å². The number of halogens is 1. The number of benzene rings is 1. The normalized spacial score (nSPS) is 10.7. The van der Waals surface area contributed by atoms with Crippen LogP contribution in [0, 0.1) is 0 Å². The molecule has 0 fully saturated rings. The summed E-state index contributed by atoms with van der Waals surface area (Å²) in [6, 6.07) is 13.7. The number of nitrogens with one attached hydrogen (secondary N) is 1. The third kappa shape index (κ3) is 3.48. The molecular formula is C16H15ClN4. The van der Waals surface area contributed by atoms with Crippen LogP contribution >= 0.6 is 11.6 Å². The first-order chi connectivity index (χ1) is 10.3. The van der Waals surface area contributed by atoms with E-state index in [0.29, 0.717) is 0 Å². The van der Waals surface area contributed by atoms with Crippen LogP contribution in [0.15, 0.2) is 61.1 Å². The average molecular weight is 299 g/mol. The summed E-state index contributed by atoms with van der Waals surface area (Å²) in [6.07, 6.45) is 5.41. The lowest BCUT2D eigenvalue weighted by atomic mass is 10.2. The van der Waals surface area contributed by atoms with Crippen molar-refractivity contribution in [3.8, 4) is 5.82 Å². The second-order valence-corrected chi connectivity index (χ2v) is 5.11. The second kappa shape index (κ2) is 6.52. The standard InChI is InChI=1S/C16H15ClN4/c17-15-6-1-4-13(10-15)11-18-12-14-5-2-7-19-16(14)21-9-3-8-20-21/h1-10,18H,11-12H2. The highest BCUT2D eigenvalue weighted by atomic mass is 35.5. The fraction of sp³-hybridized carbons (Fsp3) is 0.125. The summed E-state index contributed by atoms with van der Waals surface area (Å²) in [6.45, 7) is 1.48. The van der Waals surface area contributed by atoms with Gasteiger partial charge in [-0.05, 0) is 29.8 Å². The Balaban J connectivity index is 1.69. The Hall–Kier alpha value is -2.17.